The highest BCUT2D eigenvalue weighted by molar-refractivity contribution is 7.99. The summed E-state index contributed by atoms with van der Waals surface area (Å²) in [7, 11) is 0. The number of ether oxygens (including phenoxy) is 1. The van der Waals surface area contributed by atoms with Gasteiger partial charge in [0.15, 0.2) is 0 Å². The van der Waals surface area contributed by atoms with Gasteiger partial charge in [0.1, 0.15) is 6.04 Å². The van der Waals surface area contributed by atoms with Gasteiger partial charge in [-0.3, -0.25) is 4.79 Å². The van der Waals surface area contributed by atoms with Crippen molar-refractivity contribution in [1.29, 1.82) is 0 Å². The maximum absolute atomic E-state index is 11.8. The summed E-state index contributed by atoms with van der Waals surface area (Å²) in [6, 6.07) is 7.52. The fraction of sp³-hybridized carbons (Fsp3) is 0.533. The molecule has 0 aliphatic rings. The predicted octanol–water partition coefficient (Wildman–Crippen LogP) is 3.75. The van der Waals surface area contributed by atoms with Crippen molar-refractivity contribution < 1.29 is 9.53 Å². The van der Waals surface area contributed by atoms with Crippen LogP contribution in [0.4, 0.5) is 0 Å². The van der Waals surface area contributed by atoms with Gasteiger partial charge in [-0.15, -0.1) is 11.8 Å². The molecule has 0 heterocycles. The van der Waals surface area contributed by atoms with E-state index in [4.69, 9.17) is 16.3 Å². The molecule has 0 amide bonds. The minimum Gasteiger partial charge on any atom is -0.465 e. The molecule has 0 radical (unpaired) electrons. The Morgan fingerprint density at radius 1 is 1.40 bits per heavy atom. The van der Waals surface area contributed by atoms with Gasteiger partial charge >= 0.3 is 5.97 Å². The number of carbonyl (C=O) groups is 1. The molecule has 1 atom stereocenters. The number of benzene rings is 1. The smallest absolute Gasteiger partial charge is 0.323 e. The van der Waals surface area contributed by atoms with Gasteiger partial charge in [-0.2, -0.15) is 0 Å². The molecular weight excluding hydrogens is 294 g/mol. The Balaban J connectivity index is 2.45. The van der Waals surface area contributed by atoms with Crippen LogP contribution in [-0.2, 0) is 9.53 Å². The van der Waals surface area contributed by atoms with E-state index in [0.717, 1.165) is 35.1 Å². The second kappa shape index (κ2) is 10.1. The van der Waals surface area contributed by atoms with Crippen molar-refractivity contribution >= 4 is 29.3 Å². The molecule has 0 fully saturated rings. The van der Waals surface area contributed by atoms with E-state index >= 15 is 0 Å². The van der Waals surface area contributed by atoms with Crippen LogP contribution in [0.25, 0.3) is 0 Å². The summed E-state index contributed by atoms with van der Waals surface area (Å²) < 4.78 is 5.09. The fourth-order valence-electron chi connectivity index (χ4n) is 1.71. The number of hydrogen-bond donors (Lipinski definition) is 1. The number of rotatable bonds is 9. The lowest BCUT2D eigenvalue weighted by atomic mass is 10.2. The molecule has 0 bridgehead atoms. The third kappa shape index (κ3) is 6.16. The van der Waals surface area contributed by atoms with E-state index in [1.807, 2.05) is 31.2 Å². The van der Waals surface area contributed by atoms with Crippen LogP contribution in [0.3, 0.4) is 0 Å². The zero-order chi connectivity index (χ0) is 14.8. The molecule has 1 N–H and O–H groups in total. The van der Waals surface area contributed by atoms with Gasteiger partial charge in [0.25, 0.3) is 0 Å². The molecule has 3 nitrogen and oxygen atoms in total. The van der Waals surface area contributed by atoms with Crippen LogP contribution in [0, 0.1) is 0 Å². The molecular formula is C15H22ClNO2S. The molecule has 1 aromatic carbocycles. The molecule has 5 heteroatoms. The fourth-order valence-corrected chi connectivity index (χ4v) is 2.97. The van der Waals surface area contributed by atoms with Gasteiger partial charge in [0.05, 0.1) is 11.6 Å². The van der Waals surface area contributed by atoms with Crippen molar-refractivity contribution in [3.63, 3.8) is 0 Å². The number of hydrogen-bond acceptors (Lipinski definition) is 4. The second-order valence-corrected chi connectivity index (χ2v) is 5.87. The van der Waals surface area contributed by atoms with Crippen LogP contribution in [0.1, 0.15) is 26.7 Å². The lowest BCUT2D eigenvalue weighted by Gasteiger charge is -2.16. The van der Waals surface area contributed by atoms with Crippen molar-refractivity contribution in [3.8, 4) is 0 Å². The SMILES string of the molecule is CCCNC(CCSc1ccccc1Cl)C(=O)OCC. The Labute approximate surface area is 130 Å². The number of nitrogens with one attached hydrogen (secondary N) is 1. The summed E-state index contributed by atoms with van der Waals surface area (Å²) >= 11 is 7.77. The van der Waals surface area contributed by atoms with Gasteiger partial charge < -0.3 is 10.1 Å². The van der Waals surface area contributed by atoms with Crippen LogP contribution in [0.15, 0.2) is 29.2 Å². The van der Waals surface area contributed by atoms with Gasteiger partial charge in [0.2, 0.25) is 0 Å². The number of carbonyl (C=O) groups excluding carboxylic acids is 1. The largest absolute Gasteiger partial charge is 0.465 e. The predicted molar refractivity (Wildman–Crippen MR) is 85.5 cm³/mol. The number of esters is 1. The first-order valence-corrected chi connectivity index (χ1v) is 8.32. The van der Waals surface area contributed by atoms with Gasteiger partial charge in [-0.05, 0) is 38.4 Å². The van der Waals surface area contributed by atoms with E-state index in [-0.39, 0.29) is 12.0 Å². The molecule has 0 aliphatic carbocycles. The van der Waals surface area contributed by atoms with Crippen molar-refractivity contribution in [1.82, 2.24) is 5.32 Å². The van der Waals surface area contributed by atoms with E-state index in [2.05, 4.69) is 12.2 Å². The van der Waals surface area contributed by atoms with Crippen molar-refractivity contribution in [2.75, 3.05) is 18.9 Å². The lowest BCUT2D eigenvalue weighted by Crippen LogP contribution is -2.39. The molecule has 0 saturated carbocycles. The second-order valence-electron chi connectivity index (χ2n) is 4.33. The van der Waals surface area contributed by atoms with Crippen LogP contribution in [-0.4, -0.2) is 30.9 Å². The summed E-state index contributed by atoms with van der Waals surface area (Å²) in [6.07, 6.45) is 1.72. The number of halogens is 1. The van der Waals surface area contributed by atoms with E-state index in [9.17, 15) is 4.79 Å². The zero-order valence-electron chi connectivity index (χ0n) is 12.0. The monoisotopic (exact) mass is 315 g/mol. The Bertz CT molecular complexity index is 415. The topological polar surface area (TPSA) is 38.3 Å². The Morgan fingerprint density at radius 3 is 2.80 bits per heavy atom. The average molecular weight is 316 g/mol. The summed E-state index contributed by atoms with van der Waals surface area (Å²) in [5, 5.41) is 3.99. The summed E-state index contributed by atoms with van der Waals surface area (Å²) in [5.41, 5.74) is 0. The molecule has 0 aromatic heterocycles. The summed E-state index contributed by atoms with van der Waals surface area (Å²) in [6.45, 7) is 5.14. The van der Waals surface area contributed by atoms with Crippen LogP contribution >= 0.6 is 23.4 Å². The molecule has 1 aromatic rings. The zero-order valence-corrected chi connectivity index (χ0v) is 13.6. The summed E-state index contributed by atoms with van der Waals surface area (Å²) in [4.78, 5) is 12.9. The highest BCUT2D eigenvalue weighted by atomic mass is 35.5. The standard InChI is InChI=1S/C15H22ClNO2S/c1-3-10-17-13(15(18)19-4-2)9-11-20-14-8-6-5-7-12(14)16/h5-8,13,17H,3-4,9-11H2,1-2H3. The first-order valence-electron chi connectivity index (χ1n) is 6.96. The van der Waals surface area contributed by atoms with E-state index < -0.39 is 0 Å². The van der Waals surface area contributed by atoms with Crippen LogP contribution in [0.2, 0.25) is 5.02 Å². The Morgan fingerprint density at radius 2 is 2.15 bits per heavy atom. The first kappa shape index (κ1) is 17.3. The van der Waals surface area contributed by atoms with Gasteiger partial charge in [-0.25, -0.2) is 0 Å². The third-order valence-corrected chi connectivity index (χ3v) is 4.26. The molecule has 0 saturated heterocycles. The molecule has 112 valence electrons. The molecule has 1 rings (SSSR count). The van der Waals surface area contributed by atoms with Crippen molar-refractivity contribution in [2.45, 2.75) is 37.6 Å². The molecule has 1 unspecified atom stereocenters. The molecule has 0 aliphatic heterocycles. The normalized spacial score (nSPS) is 12.2. The van der Waals surface area contributed by atoms with E-state index in [1.54, 1.807) is 11.8 Å². The highest BCUT2D eigenvalue weighted by Crippen LogP contribution is 2.27. The lowest BCUT2D eigenvalue weighted by molar-refractivity contribution is -0.145. The van der Waals surface area contributed by atoms with Crippen LogP contribution in [0.5, 0.6) is 0 Å². The summed E-state index contributed by atoms with van der Waals surface area (Å²) in [5.74, 6) is 0.657. The Hall–Kier alpha value is -0.710. The molecule has 20 heavy (non-hydrogen) atoms. The van der Waals surface area contributed by atoms with Gasteiger partial charge in [-0.1, -0.05) is 30.7 Å². The van der Waals surface area contributed by atoms with E-state index in [1.165, 1.54) is 0 Å². The third-order valence-electron chi connectivity index (χ3n) is 2.71. The number of thioether (sulfide) groups is 1. The minimum absolute atomic E-state index is 0.166. The maximum atomic E-state index is 11.8. The Kier molecular flexibility index (Phi) is 8.74. The van der Waals surface area contributed by atoms with E-state index in [0.29, 0.717) is 6.61 Å². The van der Waals surface area contributed by atoms with Crippen molar-refractivity contribution in [2.24, 2.45) is 0 Å². The van der Waals surface area contributed by atoms with Gasteiger partial charge in [0, 0.05) is 10.6 Å². The first-order chi connectivity index (χ1) is 9.69. The van der Waals surface area contributed by atoms with Crippen molar-refractivity contribution in [3.05, 3.63) is 29.3 Å². The minimum atomic E-state index is -0.232. The molecule has 0 spiro atoms. The quantitative estimate of drug-likeness (QED) is 0.556. The average Bonchev–Trinajstić information content (AvgIpc) is 2.44. The maximum Gasteiger partial charge on any atom is 0.323 e. The van der Waals surface area contributed by atoms with Crippen LogP contribution < -0.4 is 5.32 Å². The highest BCUT2D eigenvalue weighted by Gasteiger charge is 2.18.